The van der Waals surface area contributed by atoms with Gasteiger partial charge in [-0.1, -0.05) is 32.4 Å². The van der Waals surface area contributed by atoms with Gasteiger partial charge in [0.2, 0.25) is 65.0 Å². The Balaban J connectivity index is 1.59. The molecule has 3 aromatic rings. The fourth-order valence-corrected chi connectivity index (χ4v) is 9.83. The Bertz CT molecular complexity index is 3160. The van der Waals surface area contributed by atoms with Crippen molar-refractivity contribution in [1.29, 1.82) is 0 Å². The second-order valence-corrected chi connectivity index (χ2v) is 22.9. The first kappa shape index (κ1) is 77.9. The zero-order chi connectivity index (χ0) is 71.2. The first-order chi connectivity index (χ1) is 45.5. The number of carbonyl (C=O) groups excluding carboxylic acids is 11. The summed E-state index contributed by atoms with van der Waals surface area (Å²) < 4.78 is 0. The number of benzene rings is 1. The summed E-state index contributed by atoms with van der Waals surface area (Å²) in [6, 6.07) is -10.7. The molecule has 27 N–H and O–H groups in total. The number of guanidine groups is 2. The van der Waals surface area contributed by atoms with Crippen LogP contribution in [0.5, 0.6) is 5.75 Å². The lowest BCUT2D eigenvalue weighted by Gasteiger charge is -2.31. The summed E-state index contributed by atoms with van der Waals surface area (Å²) in [5.41, 5.74) is 33.8. The summed E-state index contributed by atoms with van der Waals surface area (Å²) in [7, 11) is 0. The standard InChI is InChI=1S/C58H90N22O16/c1-4-29(2)45(54(93)78-42(26-82)55(94)80-19-7-10-43(80)53(92)71-30(3)46(85)73-37(56(95)96)9-6-18-68-58(63)64)79-51(90)40(22-33-24-66-28-70-33)75-48(87)36(8-5-17-67-57(61)62)72-49(88)38(20-31-11-13-34(83)14-12-31)74-50(89)39(21-32-23-65-27-69-32)76-52(91)41(25-81)77-47(86)35(59)15-16-44(60)84/h11-14,23-24,27-30,35-43,45,81-83H,4-10,15-22,25-26,59H2,1-3H3,(H2,60,84)(H,65,69)(H,66,70)(H,71,92)(H,72,88)(H,73,85)(H,74,89)(H,75,87)(H,76,91)(H,77,86)(H,78,93)(H,79,90)(H,95,96)(H4,61,62,67)(H4,63,64,68)/t29-,30+,35+,36+,37+,38+,39+,40+,41+,42+,43+,45+/m0/s1. The number of carboxylic acid groups (broad SMARTS) is 1. The molecular formula is C58H90N22O16. The highest BCUT2D eigenvalue weighted by Crippen LogP contribution is 2.20. The van der Waals surface area contributed by atoms with Crippen LogP contribution in [-0.2, 0) is 76.8 Å². The molecule has 3 heterocycles. The molecule has 0 aliphatic carbocycles. The van der Waals surface area contributed by atoms with Crippen molar-refractivity contribution in [3.05, 3.63) is 66.3 Å². The minimum absolute atomic E-state index is 0.00631. The van der Waals surface area contributed by atoms with E-state index in [0.29, 0.717) is 23.4 Å². The molecule has 0 unspecified atom stereocenters. The maximum Gasteiger partial charge on any atom is 0.326 e. The highest BCUT2D eigenvalue weighted by molar-refractivity contribution is 5.99. The van der Waals surface area contributed by atoms with Crippen molar-refractivity contribution in [3.63, 3.8) is 0 Å². The Morgan fingerprint density at radius 1 is 0.594 bits per heavy atom. The van der Waals surface area contributed by atoms with Crippen molar-refractivity contribution >= 4 is 82.9 Å². The van der Waals surface area contributed by atoms with Crippen molar-refractivity contribution in [2.24, 2.45) is 50.3 Å². The SMILES string of the molecule is CC[C@H](C)[C@@H](NC(=O)[C@@H](Cc1cnc[nH]1)NC(=O)[C@@H](CCCN=C(N)N)NC(=O)[C@@H](Cc1ccc(O)cc1)NC(=O)[C@@H](Cc1cnc[nH]1)NC(=O)[C@@H](CO)NC(=O)[C@H](N)CCC(N)=O)C(=O)N[C@H](CO)C(=O)N1CCC[C@@H]1C(=O)N[C@H](C)C(=O)N[C@H](CCCN=C(N)N)C(=O)O. The molecule has 1 fully saturated rings. The lowest BCUT2D eigenvalue weighted by atomic mass is 9.97. The van der Waals surface area contributed by atoms with Crippen LogP contribution in [0.3, 0.4) is 0 Å². The molecule has 4 rings (SSSR count). The minimum atomic E-state index is -1.68. The number of phenolic OH excluding ortho intramolecular Hbond substituents is 1. The van der Waals surface area contributed by atoms with Crippen molar-refractivity contribution in [1.82, 2.24) is 72.7 Å². The lowest BCUT2D eigenvalue weighted by Crippen LogP contribution is -2.62. The number of primary amides is 1. The number of aliphatic carboxylic acids is 1. The Kier molecular flexibility index (Phi) is 31.9. The molecule has 38 heteroatoms. The number of aliphatic imine (C=N–C) groups is 2. The van der Waals surface area contributed by atoms with E-state index in [4.69, 9.17) is 34.4 Å². The van der Waals surface area contributed by atoms with Crippen LogP contribution in [0, 0.1) is 5.92 Å². The first-order valence-electron chi connectivity index (χ1n) is 30.9. The summed E-state index contributed by atoms with van der Waals surface area (Å²) in [5.74, 6) is -12.8. The summed E-state index contributed by atoms with van der Waals surface area (Å²) >= 11 is 0. The largest absolute Gasteiger partial charge is 0.508 e. The highest BCUT2D eigenvalue weighted by atomic mass is 16.4. The predicted molar refractivity (Wildman–Crippen MR) is 342 cm³/mol. The number of carboxylic acids is 1. The first-order valence-corrected chi connectivity index (χ1v) is 30.9. The Morgan fingerprint density at radius 2 is 1.06 bits per heavy atom. The number of aliphatic hydroxyl groups excluding tert-OH is 2. The van der Waals surface area contributed by atoms with Gasteiger partial charge in [0.1, 0.15) is 66.2 Å². The predicted octanol–water partition coefficient (Wildman–Crippen LogP) is -7.94. The molecule has 0 spiro atoms. The number of nitrogens with one attached hydrogen (secondary N) is 11. The van der Waals surface area contributed by atoms with Gasteiger partial charge in [-0.05, 0) is 75.5 Å². The number of hydrogen-bond donors (Lipinski definition) is 21. The number of imidazole rings is 2. The third-order valence-electron chi connectivity index (χ3n) is 15.4. The number of aromatic nitrogens is 4. The number of aliphatic hydroxyl groups is 2. The molecule has 2 aromatic heterocycles. The van der Waals surface area contributed by atoms with Gasteiger partial charge in [0, 0.05) is 69.1 Å². The van der Waals surface area contributed by atoms with Gasteiger partial charge in [-0.15, -0.1) is 0 Å². The van der Waals surface area contributed by atoms with Crippen LogP contribution in [0.15, 0.2) is 59.3 Å². The van der Waals surface area contributed by atoms with Crippen LogP contribution >= 0.6 is 0 Å². The van der Waals surface area contributed by atoms with E-state index < -0.39 is 157 Å². The Hall–Kier alpha value is -10.5. The third-order valence-corrected chi connectivity index (χ3v) is 15.4. The number of phenols is 1. The Labute approximate surface area is 551 Å². The summed E-state index contributed by atoms with van der Waals surface area (Å²) in [6.45, 7) is 2.69. The molecule has 1 saturated heterocycles. The van der Waals surface area contributed by atoms with Gasteiger partial charge >= 0.3 is 5.97 Å². The number of likely N-dealkylation sites (tertiary alicyclic amines) is 1. The number of rotatable bonds is 41. The number of H-pyrrole nitrogens is 2. The lowest BCUT2D eigenvalue weighted by molar-refractivity contribution is -0.144. The molecule has 96 heavy (non-hydrogen) atoms. The van der Waals surface area contributed by atoms with Crippen molar-refractivity contribution in [2.75, 3.05) is 32.8 Å². The van der Waals surface area contributed by atoms with E-state index in [1.165, 1.54) is 56.2 Å². The van der Waals surface area contributed by atoms with Crippen LogP contribution in [0.2, 0.25) is 0 Å². The molecule has 11 amide bonds. The monoisotopic (exact) mass is 1350 g/mol. The average Bonchev–Trinajstić information content (AvgIpc) is 1.55. The normalized spacial score (nSPS) is 16.1. The van der Waals surface area contributed by atoms with Gasteiger partial charge in [-0.3, -0.25) is 62.7 Å². The van der Waals surface area contributed by atoms with E-state index in [2.05, 4.69) is 77.8 Å². The fourth-order valence-electron chi connectivity index (χ4n) is 9.83. The van der Waals surface area contributed by atoms with Gasteiger partial charge in [0.15, 0.2) is 11.9 Å². The molecule has 0 radical (unpaired) electrons. The smallest absolute Gasteiger partial charge is 0.326 e. The van der Waals surface area contributed by atoms with E-state index in [9.17, 15) is 78.0 Å². The number of aromatic hydroxyl groups is 1. The van der Waals surface area contributed by atoms with E-state index in [0.717, 1.165) is 4.90 Å². The maximum absolute atomic E-state index is 14.8. The number of carbonyl (C=O) groups is 12. The van der Waals surface area contributed by atoms with Gasteiger partial charge in [-0.2, -0.15) is 0 Å². The zero-order valence-corrected chi connectivity index (χ0v) is 53.5. The third kappa shape index (κ3) is 25.8. The van der Waals surface area contributed by atoms with Crippen molar-refractivity contribution < 1.29 is 78.0 Å². The van der Waals surface area contributed by atoms with Crippen LogP contribution in [-0.4, -0.2) is 227 Å². The Morgan fingerprint density at radius 3 is 1.55 bits per heavy atom. The number of nitrogens with zero attached hydrogens (tertiary/aromatic N) is 5. The number of nitrogens with two attached hydrogens (primary N) is 6. The number of aromatic amines is 2. The van der Waals surface area contributed by atoms with E-state index in [-0.39, 0.29) is 108 Å². The van der Waals surface area contributed by atoms with Crippen molar-refractivity contribution in [3.8, 4) is 5.75 Å². The molecule has 38 nitrogen and oxygen atoms in total. The quantitative estimate of drug-likeness (QED) is 0.0143. The van der Waals surface area contributed by atoms with Gasteiger partial charge in [0.05, 0.1) is 31.9 Å². The second-order valence-electron chi connectivity index (χ2n) is 22.9. The summed E-state index contributed by atoms with van der Waals surface area (Å²) in [5, 5.41) is 63.2. The number of hydrogen-bond acceptors (Lipinski definition) is 20. The molecule has 528 valence electrons. The summed E-state index contributed by atoms with van der Waals surface area (Å²) in [4.78, 5) is 186. The van der Waals surface area contributed by atoms with Crippen LogP contribution < -0.4 is 82.3 Å². The molecule has 12 atom stereocenters. The van der Waals surface area contributed by atoms with E-state index in [1.807, 2.05) is 0 Å². The fraction of sp³-hybridized carbons (Fsp3) is 0.552. The molecule has 1 aliphatic heterocycles. The van der Waals surface area contributed by atoms with Gasteiger partial charge in [0.25, 0.3) is 0 Å². The second kappa shape index (κ2) is 39.3. The van der Waals surface area contributed by atoms with Crippen molar-refractivity contribution in [2.45, 2.75) is 164 Å². The minimum Gasteiger partial charge on any atom is -0.508 e. The van der Waals surface area contributed by atoms with Gasteiger partial charge in [-0.25, -0.2) is 14.8 Å². The number of amides is 11. The van der Waals surface area contributed by atoms with Gasteiger partial charge < -0.3 is 118 Å². The molecule has 0 bridgehead atoms. The summed E-state index contributed by atoms with van der Waals surface area (Å²) in [6.07, 6.45) is 4.55. The van der Waals surface area contributed by atoms with Crippen LogP contribution in [0.4, 0.5) is 0 Å². The highest BCUT2D eigenvalue weighted by Gasteiger charge is 2.41. The van der Waals surface area contributed by atoms with Crippen LogP contribution in [0.1, 0.15) is 95.5 Å². The topological polar surface area (TPSA) is 635 Å². The maximum atomic E-state index is 14.8. The van der Waals surface area contributed by atoms with E-state index >= 15 is 0 Å². The molecule has 0 saturated carbocycles. The van der Waals surface area contributed by atoms with Crippen LogP contribution in [0.25, 0.3) is 0 Å². The molecular weight excluding hydrogens is 1260 g/mol. The molecule has 1 aromatic carbocycles. The average molecular weight is 1350 g/mol. The zero-order valence-electron chi connectivity index (χ0n) is 53.5. The van der Waals surface area contributed by atoms with E-state index in [1.54, 1.807) is 13.8 Å². The molecule has 1 aliphatic rings.